The van der Waals surface area contributed by atoms with Gasteiger partial charge < -0.3 is 15.2 Å². The first-order valence-electron chi connectivity index (χ1n) is 12.0. The number of carboxylic acid groups (broad SMARTS) is 1. The van der Waals surface area contributed by atoms with E-state index in [1.54, 1.807) is 6.07 Å². The van der Waals surface area contributed by atoms with E-state index in [1.165, 1.54) is 24.3 Å². The van der Waals surface area contributed by atoms with E-state index in [9.17, 15) is 13.2 Å². The Kier molecular flexibility index (Phi) is 2.78. The number of sulfonamides is 1. The summed E-state index contributed by atoms with van der Waals surface area (Å²) in [7, 11) is -5.10. The lowest BCUT2D eigenvalue weighted by molar-refractivity contribution is 0.0696. The van der Waals surface area contributed by atoms with Crippen molar-refractivity contribution in [1.29, 1.82) is 1.43 Å². The molecule has 134 valence electrons. The molecule has 7 nitrogen and oxygen atoms in total. The number of benzene rings is 2. The number of anilines is 1. The van der Waals surface area contributed by atoms with Gasteiger partial charge in [-0.25, -0.2) is 18.3 Å². The van der Waals surface area contributed by atoms with Crippen molar-refractivity contribution in [2.24, 2.45) is 5.13 Å². The van der Waals surface area contributed by atoms with E-state index in [0.29, 0.717) is 12.1 Å². The number of hydrogen-bond donors (Lipinski definition) is 3. The van der Waals surface area contributed by atoms with Crippen LogP contribution in [0.3, 0.4) is 0 Å². The van der Waals surface area contributed by atoms with Crippen LogP contribution in [0.2, 0.25) is 4.24 Å². The molecule has 0 saturated heterocycles. The van der Waals surface area contributed by atoms with Crippen molar-refractivity contribution in [2.75, 3.05) is 11.8 Å². The molecule has 2 aromatic rings. The molecule has 2 rings (SSSR count). The van der Waals surface area contributed by atoms with E-state index < -0.39 is 69.2 Å². The Morgan fingerprint density at radius 3 is 2.96 bits per heavy atom. The molecule has 0 aliphatic rings. The zero-order valence-corrected chi connectivity index (χ0v) is 13.4. The lowest BCUT2D eigenvalue weighted by Gasteiger charge is -2.17. The number of rotatable bonds is 9. The van der Waals surface area contributed by atoms with E-state index >= 15 is 0 Å². The fourth-order valence-corrected chi connectivity index (χ4v) is 2.48. The van der Waals surface area contributed by atoms with Gasteiger partial charge in [-0.05, 0) is 30.6 Å². The van der Waals surface area contributed by atoms with Gasteiger partial charge in [0.1, 0.15) is 13.5 Å². The fourth-order valence-electron chi connectivity index (χ4n) is 1.83. The standard InChI is InChI=1S/C17H20N2O5S/c1-2-3-9-19-14-10-12(17(20)21)11-15(25(18,22)23)16(14)24-13-7-5-4-6-8-13/h4-8,10-11,19H,2-3,9H2,1H3,(H,20,21)(H2,18,22,23)/i1D3,3D2,9D2/hD4. The maximum absolute atomic E-state index is 12.8. The first kappa shape index (κ1) is 8.68. The summed E-state index contributed by atoms with van der Waals surface area (Å²) < 4.78 is 115. The minimum atomic E-state index is -5.10. The van der Waals surface area contributed by atoms with Crippen molar-refractivity contribution in [3.63, 3.8) is 0 Å². The molecule has 0 fully saturated rings. The second kappa shape index (κ2) is 8.00. The van der Waals surface area contributed by atoms with Crippen molar-refractivity contribution < 1.29 is 36.9 Å². The van der Waals surface area contributed by atoms with Gasteiger partial charge in [-0.3, -0.25) is 0 Å². The number of para-hydroxylation sites is 1. The molecule has 0 radical (unpaired) electrons. The Balaban J connectivity index is 2.91. The van der Waals surface area contributed by atoms with E-state index in [2.05, 4.69) is 5.11 Å². The van der Waals surface area contributed by atoms with Crippen LogP contribution in [0.1, 0.15) is 39.6 Å². The van der Waals surface area contributed by atoms with Crippen LogP contribution in [0.15, 0.2) is 47.4 Å². The Hall–Kier alpha value is -2.58. The number of nitrogens with one attached hydrogen (secondary N) is 1. The molecule has 0 amide bonds. The van der Waals surface area contributed by atoms with E-state index in [-0.39, 0.29) is 11.1 Å². The van der Waals surface area contributed by atoms with Crippen LogP contribution in [0.4, 0.5) is 5.69 Å². The number of carbonyl (C=O) groups is 1. The SMILES string of the molecule is [2H]OC(=O)c1cc(N([2H])C([2H])([2H])C([2H])([2H])CC([2H])([2H])[2H])c(Oc2ccccc2)c(S(=O)(=O)N([2H])[2H])c1. The summed E-state index contributed by atoms with van der Waals surface area (Å²) in [6, 6.07) is 8.44. The lowest BCUT2D eigenvalue weighted by Crippen LogP contribution is -2.16. The average Bonchev–Trinajstić information content (AvgIpc) is 2.76. The van der Waals surface area contributed by atoms with Gasteiger partial charge in [0.2, 0.25) is 10.0 Å². The van der Waals surface area contributed by atoms with Gasteiger partial charge in [0.05, 0.1) is 11.3 Å². The summed E-state index contributed by atoms with van der Waals surface area (Å²) in [5.41, 5.74) is -1.65. The quantitative estimate of drug-likeness (QED) is 0.620. The Bertz CT molecular complexity index is 1210. The van der Waals surface area contributed by atoms with Crippen LogP contribution in [-0.2, 0) is 10.0 Å². The second-order valence-electron chi connectivity index (χ2n) is 4.58. The predicted molar refractivity (Wildman–Crippen MR) is 94.7 cm³/mol. The van der Waals surface area contributed by atoms with Crippen LogP contribution in [-0.4, -0.2) is 26.0 Å². The number of primary sulfonamides is 1. The molecule has 25 heavy (non-hydrogen) atoms. The molecule has 2 aromatic carbocycles. The third-order valence-corrected chi connectivity index (χ3v) is 3.71. The van der Waals surface area contributed by atoms with Gasteiger partial charge >= 0.3 is 5.97 Å². The summed E-state index contributed by atoms with van der Waals surface area (Å²) >= 11 is 0. The molecular formula is C17H20N2O5S. The number of nitrogens with two attached hydrogens (primary N) is 1. The van der Waals surface area contributed by atoms with Crippen molar-refractivity contribution >= 4 is 21.7 Å². The Morgan fingerprint density at radius 1 is 1.48 bits per heavy atom. The van der Waals surface area contributed by atoms with E-state index in [4.69, 9.17) is 20.0 Å². The van der Waals surface area contributed by atoms with Crippen LogP contribution < -0.4 is 15.2 Å². The number of hydrogen-bond acceptors (Lipinski definition) is 6. The molecule has 0 saturated carbocycles. The first-order chi connectivity index (χ1) is 16.3. The van der Waals surface area contributed by atoms with Gasteiger partial charge in [-0.15, -0.1) is 0 Å². The highest BCUT2D eigenvalue weighted by atomic mass is 32.2. The second-order valence-corrected chi connectivity index (χ2v) is 5.97. The molecule has 4 N–H and O–H groups in total. The summed E-state index contributed by atoms with van der Waals surface area (Å²) in [5.74, 6) is -2.41. The van der Waals surface area contributed by atoms with Crippen molar-refractivity contribution in [3.8, 4) is 11.5 Å². The molecular weight excluding hydrogens is 344 g/mol. The van der Waals surface area contributed by atoms with E-state index in [0.717, 1.165) is 0 Å². The molecule has 0 aliphatic heterocycles. The zero-order valence-electron chi connectivity index (χ0n) is 23.6. The number of ether oxygens (including phenoxy) is 1. The van der Waals surface area contributed by atoms with Gasteiger partial charge in [0.25, 0.3) is 1.43 Å². The van der Waals surface area contributed by atoms with Crippen LogP contribution in [0, 0.1) is 0 Å². The van der Waals surface area contributed by atoms with Crippen LogP contribution in [0.5, 0.6) is 11.5 Å². The summed E-state index contributed by atoms with van der Waals surface area (Å²) in [6.07, 6.45) is -4.57. The maximum atomic E-state index is 12.8. The molecule has 8 heteroatoms. The van der Waals surface area contributed by atoms with Crippen molar-refractivity contribution in [3.05, 3.63) is 48.0 Å². The molecule has 0 heterocycles. The monoisotopic (exact) mass is 375 g/mol. The highest BCUT2D eigenvalue weighted by molar-refractivity contribution is 7.89. The number of carboxylic acids is 1. The van der Waals surface area contributed by atoms with Crippen molar-refractivity contribution in [1.82, 2.24) is 0 Å². The van der Waals surface area contributed by atoms with Crippen molar-refractivity contribution in [2.45, 2.75) is 24.5 Å². The molecule has 0 aliphatic carbocycles. The normalized spacial score (nSPS) is 19.2. The summed E-state index contributed by atoms with van der Waals surface area (Å²) in [6.45, 7) is -6.42. The lowest BCUT2D eigenvalue weighted by atomic mass is 10.1. The highest BCUT2D eigenvalue weighted by Crippen LogP contribution is 2.37. The van der Waals surface area contributed by atoms with Crippen LogP contribution in [0.25, 0.3) is 1.43 Å². The first-order valence-corrected chi connectivity index (χ1v) is 8.20. The maximum Gasteiger partial charge on any atom is 0.335 e. The predicted octanol–water partition coefficient (Wildman–Crippen LogP) is 3.04. The summed E-state index contributed by atoms with van der Waals surface area (Å²) in [4.78, 5) is 11.0. The third-order valence-electron chi connectivity index (χ3n) is 2.86. The minimum Gasteiger partial charge on any atom is -0.478 e. The topological polar surface area (TPSA) is 119 Å². The van der Waals surface area contributed by atoms with E-state index in [1.807, 2.05) is 0 Å². The molecule has 0 bridgehead atoms. The fraction of sp³-hybridized carbons (Fsp3) is 0.235. The van der Waals surface area contributed by atoms with Gasteiger partial charge in [0, 0.05) is 16.1 Å². The smallest absolute Gasteiger partial charge is 0.335 e. The third kappa shape index (κ3) is 4.94. The molecule has 0 spiro atoms. The molecule has 0 aromatic heterocycles. The largest absolute Gasteiger partial charge is 0.478 e. The molecule has 0 unspecified atom stereocenters. The number of aromatic carboxylic acids is 1. The summed E-state index contributed by atoms with van der Waals surface area (Å²) in [5, 5.41) is 2.87. The van der Waals surface area contributed by atoms with Gasteiger partial charge in [-0.2, -0.15) is 0 Å². The minimum absolute atomic E-state index is 0.0630. The van der Waals surface area contributed by atoms with Gasteiger partial charge in [0.15, 0.2) is 7.16 Å². The zero-order chi connectivity index (χ0) is 27.7. The van der Waals surface area contributed by atoms with Gasteiger partial charge in [-0.1, -0.05) is 31.5 Å². The Morgan fingerprint density at radius 2 is 2.28 bits per heavy atom. The Labute approximate surface area is 162 Å². The molecule has 0 atom stereocenters. The average molecular weight is 375 g/mol. The highest BCUT2D eigenvalue weighted by Gasteiger charge is 2.23. The van der Waals surface area contributed by atoms with Crippen LogP contribution >= 0.6 is 0 Å².